The summed E-state index contributed by atoms with van der Waals surface area (Å²) in [6.07, 6.45) is 3.27. The number of rotatable bonds is 4. The largest absolute Gasteiger partial charge is 0.484 e. The van der Waals surface area contributed by atoms with Crippen LogP contribution in [0.3, 0.4) is 0 Å². The molecule has 3 rings (SSSR count). The van der Waals surface area contributed by atoms with E-state index in [0.717, 1.165) is 18.5 Å². The number of carbonyl (C=O) groups excluding carboxylic acids is 1. The quantitative estimate of drug-likeness (QED) is 0.943. The Morgan fingerprint density at radius 1 is 1.43 bits per heavy atom. The Labute approximate surface area is 128 Å². The number of hydrogen-bond acceptors (Lipinski definition) is 4. The molecule has 0 aliphatic heterocycles. The number of amides is 1. The van der Waals surface area contributed by atoms with Gasteiger partial charge in [-0.3, -0.25) is 10.1 Å². The van der Waals surface area contributed by atoms with Crippen molar-refractivity contribution >= 4 is 22.4 Å². The number of nitrogens with zero attached hydrogens (tertiary/aromatic N) is 1. The molecule has 1 heterocycles. The van der Waals surface area contributed by atoms with Crippen LogP contribution in [0.25, 0.3) is 0 Å². The predicted molar refractivity (Wildman–Crippen MR) is 83.9 cm³/mol. The molecule has 1 N–H and O–H groups in total. The fourth-order valence-corrected chi connectivity index (χ4v) is 3.60. The number of aromatic nitrogens is 1. The highest BCUT2D eigenvalue weighted by molar-refractivity contribution is 7.15. The van der Waals surface area contributed by atoms with Crippen LogP contribution in [-0.4, -0.2) is 17.5 Å². The molecule has 1 aliphatic rings. The first-order valence-corrected chi connectivity index (χ1v) is 7.98. The van der Waals surface area contributed by atoms with E-state index in [4.69, 9.17) is 4.74 Å². The predicted octanol–water partition coefficient (Wildman–Crippen LogP) is 3.29. The lowest BCUT2D eigenvalue weighted by atomic mass is 9.93. The van der Waals surface area contributed by atoms with E-state index < -0.39 is 0 Å². The first-order valence-electron chi connectivity index (χ1n) is 7.17. The summed E-state index contributed by atoms with van der Waals surface area (Å²) < 4.78 is 5.42. The molecule has 0 fully saturated rings. The van der Waals surface area contributed by atoms with Gasteiger partial charge in [-0.2, -0.15) is 0 Å². The normalized spacial score (nSPS) is 17.1. The molecule has 110 valence electrons. The van der Waals surface area contributed by atoms with E-state index >= 15 is 0 Å². The smallest absolute Gasteiger partial charge is 0.264 e. The summed E-state index contributed by atoms with van der Waals surface area (Å²) in [5.74, 6) is 1.24. The number of thiazole rings is 1. The van der Waals surface area contributed by atoms with Crippen molar-refractivity contribution in [2.75, 3.05) is 11.9 Å². The number of para-hydroxylation sites is 1. The van der Waals surface area contributed by atoms with Crippen LogP contribution >= 0.6 is 11.3 Å². The summed E-state index contributed by atoms with van der Waals surface area (Å²) in [6.45, 7) is 2.26. The topological polar surface area (TPSA) is 51.2 Å². The van der Waals surface area contributed by atoms with Crippen LogP contribution in [0.4, 0.5) is 5.13 Å². The number of fused-ring (bicyclic) bond motifs is 1. The molecule has 1 atom stereocenters. The van der Waals surface area contributed by atoms with E-state index in [2.05, 4.69) is 17.2 Å². The molecule has 4 nitrogen and oxygen atoms in total. The molecule has 1 amide bonds. The van der Waals surface area contributed by atoms with E-state index in [-0.39, 0.29) is 12.5 Å². The molecule has 2 aromatic rings. The zero-order valence-corrected chi connectivity index (χ0v) is 12.8. The zero-order valence-electron chi connectivity index (χ0n) is 12.0. The van der Waals surface area contributed by atoms with Crippen molar-refractivity contribution < 1.29 is 9.53 Å². The summed E-state index contributed by atoms with van der Waals surface area (Å²) in [6, 6.07) is 9.33. The molecule has 0 saturated heterocycles. The number of anilines is 1. The molecule has 5 heteroatoms. The van der Waals surface area contributed by atoms with E-state index in [9.17, 15) is 4.79 Å². The van der Waals surface area contributed by atoms with E-state index in [1.807, 2.05) is 30.3 Å². The SMILES string of the molecule is C[C@H]1CCc2nc(NC(=O)COc3ccccc3)sc2C1. The molecule has 0 radical (unpaired) electrons. The Kier molecular flexibility index (Phi) is 4.20. The molecule has 0 spiro atoms. The maximum absolute atomic E-state index is 11.9. The molecule has 0 saturated carbocycles. The molecule has 1 aliphatic carbocycles. The zero-order chi connectivity index (χ0) is 14.7. The standard InChI is InChI=1S/C16H18N2O2S/c1-11-7-8-13-14(9-11)21-16(17-13)18-15(19)10-20-12-5-3-2-4-6-12/h2-6,11H,7-10H2,1H3,(H,17,18,19)/t11-/m0/s1. The van der Waals surface area contributed by atoms with Crippen LogP contribution in [0, 0.1) is 5.92 Å². The number of hydrogen-bond donors (Lipinski definition) is 1. The second-order valence-electron chi connectivity index (χ2n) is 5.39. The molecule has 1 aromatic carbocycles. The van der Waals surface area contributed by atoms with E-state index in [1.54, 1.807) is 11.3 Å². The summed E-state index contributed by atoms with van der Waals surface area (Å²) in [7, 11) is 0. The van der Waals surface area contributed by atoms with Crippen molar-refractivity contribution in [2.24, 2.45) is 5.92 Å². The van der Waals surface area contributed by atoms with Crippen LogP contribution in [0.15, 0.2) is 30.3 Å². The van der Waals surface area contributed by atoms with Crippen LogP contribution < -0.4 is 10.1 Å². The van der Waals surface area contributed by atoms with Crippen molar-refractivity contribution in [1.29, 1.82) is 0 Å². The lowest BCUT2D eigenvalue weighted by molar-refractivity contribution is -0.118. The maximum Gasteiger partial charge on any atom is 0.264 e. The molecular weight excluding hydrogens is 284 g/mol. The fourth-order valence-electron chi connectivity index (χ4n) is 2.41. The van der Waals surface area contributed by atoms with Gasteiger partial charge in [0, 0.05) is 4.88 Å². The number of benzene rings is 1. The van der Waals surface area contributed by atoms with E-state index in [0.29, 0.717) is 16.8 Å². The third-order valence-corrected chi connectivity index (χ3v) is 4.58. The van der Waals surface area contributed by atoms with Crippen LogP contribution in [-0.2, 0) is 17.6 Å². The number of aryl methyl sites for hydroxylation is 1. The van der Waals surface area contributed by atoms with Crippen molar-refractivity contribution in [3.8, 4) is 5.75 Å². The Balaban J connectivity index is 1.55. The lowest BCUT2D eigenvalue weighted by Crippen LogP contribution is -2.20. The van der Waals surface area contributed by atoms with Gasteiger partial charge >= 0.3 is 0 Å². The Morgan fingerprint density at radius 3 is 3.05 bits per heavy atom. The Bertz CT molecular complexity index is 624. The average molecular weight is 302 g/mol. The number of nitrogens with one attached hydrogen (secondary N) is 1. The van der Waals surface area contributed by atoms with Gasteiger partial charge in [0.05, 0.1) is 5.69 Å². The Morgan fingerprint density at radius 2 is 2.24 bits per heavy atom. The van der Waals surface area contributed by atoms with Gasteiger partial charge in [-0.25, -0.2) is 4.98 Å². The molecule has 0 bridgehead atoms. The maximum atomic E-state index is 11.9. The van der Waals surface area contributed by atoms with Gasteiger partial charge in [-0.15, -0.1) is 11.3 Å². The second kappa shape index (κ2) is 6.26. The molecule has 0 unspecified atom stereocenters. The van der Waals surface area contributed by atoms with Gasteiger partial charge in [0.1, 0.15) is 5.75 Å². The van der Waals surface area contributed by atoms with Crippen molar-refractivity contribution in [3.63, 3.8) is 0 Å². The van der Waals surface area contributed by atoms with Crippen LogP contribution in [0.1, 0.15) is 23.9 Å². The summed E-state index contributed by atoms with van der Waals surface area (Å²) in [5, 5.41) is 3.52. The summed E-state index contributed by atoms with van der Waals surface area (Å²) >= 11 is 1.59. The van der Waals surface area contributed by atoms with Crippen molar-refractivity contribution in [2.45, 2.75) is 26.2 Å². The third kappa shape index (κ3) is 3.61. The highest BCUT2D eigenvalue weighted by atomic mass is 32.1. The molecule has 21 heavy (non-hydrogen) atoms. The Hall–Kier alpha value is -1.88. The molecule has 1 aromatic heterocycles. The number of carbonyl (C=O) groups is 1. The van der Waals surface area contributed by atoms with Gasteiger partial charge in [-0.05, 0) is 37.3 Å². The first-order chi connectivity index (χ1) is 10.2. The fraction of sp³-hybridized carbons (Fsp3) is 0.375. The highest BCUT2D eigenvalue weighted by Gasteiger charge is 2.20. The van der Waals surface area contributed by atoms with Gasteiger partial charge in [0.15, 0.2) is 11.7 Å². The molecular formula is C16H18N2O2S. The monoisotopic (exact) mass is 302 g/mol. The minimum atomic E-state index is -0.169. The summed E-state index contributed by atoms with van der Waals surface area (Å²) in [5.41, 5.74) is 1.15. The first kappa shape index (κ1) is 14.1. The van der Waals surface area contributed by atoms with Gasteiger partial charge in [0.2, 0.25) is 0 Å². The van der Waals surface area contributed by atoms with Gasteiger partial charge in [-0.1, -0.05) is 25.1 Å². The van der Waals surface area contributed by atoms with E-state index in [1.165, 1.54) is 11.3 Å². The second-order valence-corrected chi connectivity index (χ2v) is 6.47. The van der Waals surface area contributed by atoms with Crippen molar-refractivity contribution in [1.82, 2.24) is 4.98 Å². The summed E-state index contributed by atoms with van der Waals surface area (Å²) in [4.78, 5) is 17.7. The van der Waals surface area contributed by atoms with Gasteiger partial charge < -0.3 is 4.74 Å². The van der Waals surface area contributed by atoms with Crippen LogP contribution in [0.5, 0.6) is 5.75 Å². The average Bonchev–Trinajstić information content (AvgIpc) is 2.87. The third-order valence-electron chi connectivity index (χ3n) is 3.55. The van der Waals surface area contributed by atoms with Crippen molar-refractivity contribution in [3.05, 3.63) is 40.9 Å². The highest BCUT2D eigenvalue weighted by Crippen LogP contribution is 2.31. The van der Waals surface area contributed by atoms with Gasteiger partial charge in [0.25, 0.3) is 5.91 Å². The minimum absolute atomic E-state index is 0.00463. The lowest BCUT2D eigenvalue weighted by Gasteiger charge is -2.15. The number of ether oxygens (including phenoxy) is 1. The minimum Gasteiger partial charge on any atom is -0.484 e. The van der Waals surface area contributed by atoms with Crippen LogP contribution in [0.2, 0.25) is 0 Å².